The first-order chi connectivity index (χ1) is 10.2. The molecular formula is C19H40N2. The van der Waals surface area contributed by atoms with Crippen LogP contribution < -0.4 is 10.6 Å². The Morgan fingerprint density at radius 1 is 0.857 bits per heavy atom. The van der Waals surface area contributed by atoms with E-state index >= 15 is 0 Å². The molecule has 1 fully saturated rings. The smallest absolute Gasteiger partial charge is 0.0155 e. The molecule has 1 unspecified atom stereocenters. The lowest BCUT2D eigenvalue weighted by atomic mass is 9.86. The molecule has 1 aliphatic rings. The van der Waals surface area contributed by atoms with E-state index in [-0.39, 0.29) is 0 Å². The molecule has 126 valence electrons. The van der Waals surface area contributed by atoms with Gasteiger partial charge in [-0.2, -0.15) is 0 Å². The van der Waals surface area contributed by atoms with Crippen LogP contribution in [0.4, 0.5) is 0 Å². The van der Waals surface area contributed by atoms with Crippen LogP contribution in [0.5, 0.6) is 0 Å². The SMILES string of the molecule is CCCCCCCC(C)(CCCCC)NC1CCNCC1. The summed E-state index contributed by atoms with van der Waals surface area (Å²) in [7, 11) is 0. The zero-order chi connectivity index (χ0) is 15.4. The molecule has 0 aromatic heterocycles. The summed E-state index contributed by atoms with van der Waals surface area (Å²) in [6.45, 7) is 9.48. The van der Waals surface area contributed by atoms with Crippen LogP contribution >= 0.6 is 0 Å². The van der Waals surface area contributed by atoms with Crippen molar-refractivity contribution >= 4 is 0 Å². The Labute approximate surface area is 133 Å². The Morgan fingerprint density at radius 3 is 2.00 bits per heavy atom. The van der Waals surface area contributed by atoms with Crippen molar-refractivity contribution in [3.63, 3.8) is 0 Å². The number of piperidine rings is 1. The van der Waals surface area contributed by atoms with Gasteiger partial charge in [0.25, 0.3) is 0 Å². The quantitative estimate of drug-likeness (QED) is 0.494. The van der Waals surface area contributed by atoms with Crippen molar-refractivity contribution in [3.05, 3.63) is 0 Å². The Kier molecular flexibility index (Phi) is 10.4. The van der Waals surface area contributed by atoms with Gasteiger partial charge < -0.3 is 10.6 Å². The summed E-state index contributed by atoms with van der Waals surface area (Å²) in [5.41, 5.74) is 0.378. The first kappa shape index (κ1) is 19.0. The van der Waals surface area contributed by atoms with Crippen LogP contribution in [0.1, 0.15) is 97.8 Å². The van der Waals surface area contributed by atoms with Crippen LogP contribution in [0.2, 0.25) is 0 Å². The van der Waals surface area contributed by atoms with Crippen LogP contribution in [0.15, 0.2) is 0 Å². The number of rotatable bonds is 12. The lowest BCUT2D eigenvalue weighted by molar-refractivity contribution is 0.231. The van der Waals surface area contributed by atoms with Gasteiger partial charge in [-0.15, -0.1) is 0 Å². The summed E-state index contributed by atoms with van der Waals surface area (Å²) in [5, 5.41) is 7.52. The fourth-order valence-electron chi connectivity index (χ4n) is 3.61. The number of hydrogen-bond donors (Lipinski definition) is 2. The van der Waals surface area contributed by atoms with E-state index in [1.165, 1.54) is 90.1 Å². The van der Waals surface area contributed by atoms with E-state index in [2.05, 4.69) is 31.4 Å². The van der Waals surface area contributed by atoms with Gasteiger partial charge in [-0.1, -0.05) is 65.2 Å². The third kappa shape index (κ3) is 8.83. The molecule has 1 rings (SSSR count). The normalized spacial score (nSPS) is 19.6. The molecule has 0 spiro atoms. The molecule has 0 aliphatic carbocycles. The van der Waals surface area contributed by atoms with E-state index in [1.54, 1.807) is 0 Å². The minimum atomic E-state index is 0.378. The molecule has 0 amide bonds. The topological polar surface area (TPSA) is 24.1 Å². The average molecular weight is 297 g/mol. The molecule has 2 N–H and O–H groups in total. The van der Waals surface area contributed by atoms with E-state index in [0.29, 0.717) is 5.54 Å². The van der Waals surface area contributed by atoms with Crippen LogP contribution in [0.25, 0.3) is 0 Å². The standard InChI is InChI=1S/C19H40N2/c1-4-6-8-9-11-15-19(3,14-10-7-5-2)21-18-12-16-20-17-13-18/h18,20-21H,4-17H2,1-3H3. The molecule has 0 bridgehead atoms. The minimum Gasteiger partial charge on any atom is -0.317 e. The second-order valence-corrected chi connectivity index (χ2v) is 7.35. The Hall–Kier alpha value is -0.0800. The molecule has 0 saturated carbocycles. The van der Waals surface area contributed by atoms with Crippen molar-refractivity contribution in [3.8, 4) is 0 Å². The fraction of sp³-hybridized carbons (Fsp3) is 1.00. The molecule has 1 atom stereocenters. The van der Waals surface area contributed by atoms with E-state index in [9.17, 15) is 0 Å². The van der Waals surface area contributed by atoms with Gasteiger partial charge >= 0.3 is 0 Å². The van der Waals surface area contributed by atoms with Crippen molar-refractivity contribution in [2.45, 2.75) is 109 Å². The molecule has 1 heterocycles. The highest BCUT2D eigenvalue weighted by atomic mass is 15.0. The molecule has 0 aromatic rings. The Balaban J connectivity index is 2.35. The molecule has 2 nitrogen and oxygen atoms in total. The summed E-state index contributed by atoms with van der Waals surface area (Å²) < 4.78 is 0. The summed E-state index contributed by atoms with van der Waals surface area (Å²) in [4.78, 5) is 0. The summed E-state index contributed by atoms with van der Waals surface area (Å²) >= 11 is 0. The maximum absolute atomic E-state index is 4.04. The van der Waals surface area contributed by atoms with Gasteiger partial charge in [0.05, 0.1) is 0 Å². The Bertz CT molecular complexity index is 236. The molecule has 0 aromatic carbocycles. The lowest BCUT2D eigenvalue weighted by Gasteiger charge is -2.37. The zero-order valence-electron chi connectivity index (χ0n) is 15.0. The van der Waals surface area contributed by atoms with Crippen molar-refractivity contribution in [2.75, 3.05) is 13.1 Å². The zero-order valence-corrected chi connectivity index (χ0v) is 15.0. The van der Waals surface area contributed by atoms with Crippen LogP contribution in [-0.4, -0.2) is 24.7 Å². The lowest BCUT2D eigenvalue weighted by Crippen LogP contribution is -2.51. The van der Waals surface area contributed by atoms with E-state index in [0.717, 1.165) is 6.04 Å². The van der Waals surface area contributed by atoms with Gasteiger partial charge in [0.2, 0.25) is 0 Å². The van der Waals surface area contributed by atoms with E-state index in [1.807, 2.05) is 0 Å². The van der Waals surface area contributed by atoms with Gasteiger partial charge in [0.1, 0.15) is 0 Å². The van der Waals surface area contributed by atoms with Crippen molar-refractivity contribution in [2.24, 2.45) is 0 Å². The highest BCUT2D eigenvalue weighted by molar-refractivity contribution is 4.88. The van der Waals surface area contributed by atoms with Gasteiger partial charge in [-0.25, -0.2) is 0 Å². The highest BCUT2D eigenvalue weighted by Gasteiger charge is 2.27. The average Bonchev–Trinajstić information content (AvgIpc) is 2.48. The Morgan fingerprint density at radius 2 is 1.38 bits per heavy atom. The molecular weight excluding hydrogens is 256 g/mol. The molecule has 2 heteroatoms. The number of hydrogen-bond acceptors (Lipinski definition) is 2. The second kappa shape index (κ2) is 11.5. The largest absolute Gasteiger partial charge is 0.317 e. The maximum atomic E-state index is 4.04. The summed E-state index contributed by atoms with van der Waals surface area (Å²) in [5.74, 6) is 0. The van der Waals surface area contributed by atoms with Gasteiger partial charge in [-0.3, -0.25) is 0 Å². The third-order valence-corrected chi connectivity index (χ3v) is 5.06. The molecule has 1 aliphatic heterocycles. The van der Waals surface area contributed by atoms with Crippen molar-refractivity contribution < 1.29 is 0 Å². The van der Waals surface area contributed by atoms with Crippen molar-refractivity contribution in [1.29, 1.82) is 0 Å². The van der Waals surface area contributed by atoms with E-state index in [4.69, 9.17) is 0 Å². The second-order valence-electron chi connectivity index (χ2n) is 7.35. The van der Waals surface area contributed by atoms with Crippen molar-refractivity contribution in [1.82, 2.24) is 10.6 Å². The molecule has 0 radical (unpaired) electrons. The highest BCUT2D eigenvalue weighted by Crippen LogP contribution is 2.24. The number of unbranched alkanes of at least 4 members (excludes halogenated alkanes) is 6. The number of nitrogens with one attached hydrogen (secondary N) is 2. The molecule has 21 heavy (non-hydrogen) atoms. The van der Waals surface area contributed by atoms with Gasteiger partial charge in [-0.05, 0) is 45.7 Å². The first-order valence-corrected chi connectivity index (χ1v) is 9.68. The monoisotopic (exact) mass is 296 g/mol. The molecule has 1 saturated heterocycles. The van der Waals surface area contributed by atoms with Gasteiger partial charge in [0, 0.05) is 11.6 Å². The fourth-order valence-corrected chi connectivity index (χ4v) is 3.61. The minimum absolute atomic E-state index is 0.378. The predicted octanol–water partition coefficient (Wildman–Crippen LogP) is 5.03. The summed E-state index contributed by atoms with van der Waals surface area (Å²) in [6.07, 6.45) is 16.5. The third-order valence-electron chi connectivity index (χ3n) is 5.06. The maximum Gasteiger partial charge on any atom is 0.0155 e. The van der Waals surface area contributed by atoms with Crippen LogP contribution in [0.3, 0.4) is 0 Å². The summed E-state index contributed by atoms with van der Waals surface area (Å²) in [6, 6.07) is 0.744. The first-order valence-electron chi connectivity index (χ1n) is 9.68. The predicted molar refractivity (Wildman–Crippen MR) is 95.0 cm³/mol. The van der Waals surface area contributed by atoms with Crippen LogP contribution in [-0.2, 0) is 0 Å². The van der Waals surface area contributed by atoms with E-state index < -0.39 is 0 Å². The van der Waals surface area contributed by atoms with Crippen LogP contribution in [0, 0.1) is 0 Å². The van der Waals surface area contributed by atoms with Gasteiger partial charge in [0.15, 0.2) is 0 Å².